The van der Waals surface area contributed by atoms with Crippen molar-refractivity contribution in [2.24, 2.45) is 0 Å². The summed E-state index contributed by atoms with van der Waals surface area (Å²) in [6.45, 7) is 2.06. The van der Waals surface area contributed by atoms with E-state index in [1.807, 2.05) is 31.1 Å². The lowest BCUT2D eigenvalue weighted by Gasteiger charge is -2.25. The van der Waals surface area contributed by atoms with Crippen LogP contribution < -0.4 is 5.32 Å². The number of nitrogens with one attached hydrogen (secondary N) is 1. The lowest BCUT2D eigenvalue weighted by atomic mass is 10.0. The number of hydrogen-bond donors (Lipinski definition) is 1. The molecule has 1 aliphatic rings. The number of rotatable bonds is 4. The normalized spacial score (nSPS) is 15.5. The zero-order chi connectivity index (χ0) is 16.4. The molecular formula is C20H24N2O. The van der Waals surface area contributed by atoms with Crippen molar-refractivity contribution in [3.63, 3.8) is 0 Å². The molecule has 0 heterocycles. The summed E-state index contributed by atoms with van der Waals surface area (Å²) in [5.74, 6) is 0.0802. The minimum atomic E-state index is -0.251. The standard InChI is InChI=1S/C20H24N2O/c1-14-8-10-15(11-9-14)19(22(2)3)20(23)21-18-12-16-6-4-5-7-17(16)13-18/h4-11,18-19H,12-13H2,1-3H3,(H,21,23)/t19-/m0/s1. The van der Waals surface area contributed by atoms with Crippen LogP contribution in [0.25, 0.3) is 0 Å². The van der Waals surface area contributed by atoms with Gasteiger partial charge in [-0.1, -0.05) is 54.1 Å². The van der Waals surface area contributed by atoms with Crippen LogP contribution in [0.5, 0.6) is 0 Å². The van der Waals surface area contributed by atoms with Crippen molar-refractivity contribution in [1.82, 2.24) is 10.2 Å². The Hall–Kier alpha value is -2.13. The molecule has 120 valence electrons. The van der Waals surface area contributed by atoms with Crippen LogP contribution in [0.15, 0.2) is 48.5 Å². The lowest BCUT2D eigenvalue weighted by Crippen LogP contribution is -2.42. The van der Waals surface area contributed by atoms with Gasteiger partial charge in [0, 0.05) is 6.04 Å². The smallest absolute Gasteiger partial charge is 0.242 e. The average Bonchev–Trinajstić information content (AvgIpc) is 2.91. The van der Waals surface area contributed by atoms with Crippen LogP contribution >= 0.6 is 0 Å². The van der Waals surface area contributed by atoms with Gasteiger partial charge in [0.2, 0.25) is 5.91 Å². The Morgan fingerprint density at radius 3 is 2.13 bits per heavy atom. The monoisotopic (exact) mass is 308 g/mol. The molecular weight excluding hydrogens is 284 g/mol. The van der Waals surface area contributed by atoms with Crippen molar-refractivity contribution < 1.29 is 4.79 Å². The third kappa shape index (κ3) is 3.45. The molecule has 1 atom stereocenters. The average molecular weight is 308 g/mol. The Kier molecular flexibility index (Phi) is 4.49. The van der Waals surface area contributed by atoms with Crippen LogP contribution in [0.3, 0.4) is 0 Å². The topological polar surface area (TPSA) is 32.3 Å². The van der Waals surface area contributed by atoms with E-state index in [1.54, 1.807) is 0 Å². The van der Waals surface area contributed by atoms with Crippen LogP contribution in [0.1, 0.15) is 28.3 Å². The number of likely N-dealkylation sites (N-methyl/N-ethyl adjacent to an activating group) is 1. The number of benzene rings is 2. The maximum absolute atomic E-state index is 12.8. The van der Waals surface area contributed by atoms with Crippen LogP contribution in [0, 0.1) is 6.92 Å². The molecule has 0 saturated carbocycles. The highest BCUT2D eigenvalue weighted by atomic mass is 16.2. The molecule has 0 aromatic heterocycles. The summed E-state index contributed by atoms with van der Waals surface area (Å²) < 4.78 is 0. The highest BCUT2D eigenvalue weighted by molar-refractivity contribution is 5.83. The molecule has 1 N–H and O–H groups in total. The van der Waals surface area contributed by atoms with Crippen molar-refractivity contribution in [1.29, 1.82) is 0 Å². The Morgan fingerprint density at radius 1 is 1.04 bits per heavy atom. The molecule has 3 nitrogen and oxygen atoms in total. The summed E-state index contributed by atoms with van der Waals surface area (Å²) in [5.41, 5.74) is 4.95. The Labute approximate surface area is 138 Å². The molecule has 2 aromatic rings. The largest absolute Gasteiger partial charge is 0.351 e. The lowest BCUT2D eigenvalue weighted by molar-refractivity contribution is -0.126. The number of nitrogens with zero attached hydrogens (tertiary/aromatic N) is 1. The van der Waals surface area contributed by atoms with Crippen molar-refractivity contribution >= 4 is 5.91 Å². The Balaban J connectivity index is 1.72. The molecule has 0 bridgehead atoms. The van der Waals surface area contributed by atoms with Crippen LogP contribution in [0.2, 0.25) is 0 Å². The third-order valence-electron chi connectivity index (χ3n) is 4.56. The fraction of sp³-hybridized carbons (Fsp3) is 0.350. The molecule has 0 unspecified atom stereocenters. The van der Waals surface area contributed by atoms with E-state index in [2.05, 4.69) is 48.6 Å². The first-order valence-corrected chi connectivity index (χ1v) is 8.15. The highest BCUT2D eigenvalue weighted by Crippen LogP contribution is 2.24. The first kappa shape index (κ1) is 15.8. The summed E-state index contributed by atoms with van der Waals surface area (Å²) in [4.78, 5) is 14.8. The number of fused-ring (bicyclic) bond motifs is 1. The zero-order valence-electron chi connectivity index (χ0n) is 14.0. The van der Waals surface area contributed by atoms with E-state index in [1.165, 1.54) is 16.7 Å². The summed E-state index contributed by atoms with van der Waals surface area (Å²) in [6, 6.07) is 16.6. The molecule has 0 radical (unpaired) electrons. The molecule has 0 spiro atoms. The summed E-state index contributed by atoms with van der Waals surface area (Å²) >= 11 is 0. The van der Waals surface area contributed by atoms with Gasteiger partial charge in [-0.3, -0.25) is 9.69 Å². The zero-order valence-corrected chi connectivity index (χ0v) is 14.0. The van der Waals surface area contributed by atoms with Crippen molar-refractivity contribution in [2.45, 2.75) is 31.8 Å². The molecule has 0 saturated heterocycles. The second-order valence-electron chi connectivity index (χ2n) is 6.66. The molecule has 3 heteroatoms. The molecule has 3 rings (SSSR count). The van der Waals surface area contributed by atoms with Gasteiger partial charge in [0.25, 0.3) is 0 Å². The van der Waals surface area contributed by atoms with E-state index >= 15 is 0 Å². The van der Waals surface area contributed by atoms with Crippen molar-refractivity contribution in [2.75, 3.05) is 14.1 Å². The van der Waals surface area contributed by atoms with Gasteiger partial charge in [0.15, 0.2) is 0 Å². The predicted molar refractivity (Wildman–Crippen MR) is 93.4 cm³/mol. The van der Waals surface area contributed by atoms with E-state index in [9.17, 15) is 4.79 Å². The number of aryl methyl sites for hydroxylation is 1. The fourth-order valence-corrected chi connectivity index (χ4v) is 3.37. The minimum Gasteiger partial charge on any atom is -0.351 e. The minimum absolute atomic E-state index is 0.0802. The molecule has 1 amide bonds. The molecule has 0 fully saturated rings. The van der Waals surface area contributed by atoms with E-state index in [-0.39, 0.29) is 18.0 Å². The number of carbonyl (C=O) groups excluding carboxylic acids is 1. The van der Waals surface area contributed by atoms with Gasteiger partial charge in [-0.15, -0.1) is 0 Å². The second-order valence-corrected chi connectivity index (χ2v) is 6.66. The Bertz CT molecular complexity index is 666. The third-order valence-corrected chi connectivity index (χ3v) is 4.56. The quantitative estimate of drug-likeness (QED) is 0.942. The molecule has 2 aromatic carbocycles. The van der Waals surface area contributed by atoms with Gasteiger partial charge in [0.05, 0.1) is 0 Å². The van der Waals surface area contributed by atoms with E-state index in [0.29, 0.717) is 0 Å². The van der Waals surface area contributed by atoms with Gasteiger partial charge in [-0.05, 0) is 50.6 Å². The first-order chi connectivity index (χ1) is 11.0. The Morgan fingerprint density at radius 2 is 1.61 bits per heavy atom. The van der Waals surface area contributed by atoms with Gasteiger partial charge >= 0.3 is 0 Å². The fourth-order valence-electron chi connectivity index (χ4n) is 3.37. The van der Waals surface area contributed by atoms with Crippen LogP contribution in [0.4, 0.5) is 0 Å². The second kappa shape index (κ2) is 6.55. The van der Waals surface area contributed by atoms with Crippen molar-refractivity contribution in [3.05, 3.63) is 70.8 Å². The van der Waals surface area contributed by atoms with E-state index in [4.69, 9.17) is 0 Å². The molecule has 23 heavy (non-hydrogen) atoms. The SMILES string of the molecule is Cc1ccc([C@@H](C(=O)NC2Cc3ccccc3C2)N(C)C)cc1. The van der Waals surface area contributed by atoms with Gasteiger partial charge in [-0.2, -0.15) is 0 Å². The summed E-state index contributed by atoms with van der Waals surface area (Å²) in [7, 11) is 3.90. The summed E-state index contributed by atoms with van der Waals surface area (Å²) in [5, 5.41) is 3.24. The molecule has 0 aliphatic heterocycles. The van der Waals surface area contributed by atoms with Crippen LogP contribution in [-0.4, -0.2) is 30.9 Å². The first-order valence-electron chi connectivity index (χ1n) is 8.15. The van der Waals surface area contributed by atoms with Crippen molar-refractivity contribution in [3.8, 4) is 0 Å². The number of hydrogen-bond acceptors (Lipinski definition) is 2. The van der Waals surface area contributed by atoms with Gasteiger partial charge in [-0.25, -0.2) is 0 Å². The maximum Gasteiger partial charge on any atom is 0.242 e. The number of carbonyl (C=O) groups is 1. The van der Waals surface area contributed by atoms with Gasteiger partial charge < -0.3 is 5.32 Å². The van der Waals surface area contributed by atoms with E-state index in [0.717, 1.165) is 18.4 Å². The number of amides is 1. The van der Waals surface area contributed by atoms with Crippen LogP contribution in [-0.2, 0) is 17.6 Å². The van der Waals surface area contributed by atoms with Gasteiger partial charge in [0.1, 0.15) is 6.04 Å². The summed E-state index contributed by atoms with van der Waals surface area (Å²) in [6.07, 6.45) is 1.85. The molecule has 1 aliphatic carbocycles. The highest BCUT2D eigenvalue weighted by Gasteiger charge is 2.28. The van der Waals surface area contributed by atoms with E-state index < -0.39 is 0 Å². The maximum atomic E-state index is 12.8. The predicted octanol–water partition coefficient (Wildman–Crippen LogP) is 2.88.